The lowest BCUT2D eigenvalue weighted by atomic mass is 10.1. The van der Waals surface area contributed by atoms with E-state index in [2.05, 4.69) is 32.3 Å². The van der Waals surface area contributed by atoms with Crippen LogP contribution in [0.25, 0.3) is 22.1 Å². The Kier molecular flexibility index (Phi) is 6.17. The second-order valence-corrected chi connectivity index (χ2v) is 8.61. The first kappa shape index (κ1) is 21.3. The molecular weight excluding hydrogens is 416 g/mol. The van der Waals surface area contributed by atoms with Crippen LogP contribution in [0.2, 0.25) is 0 Å². The second kappa shape index (κ2) is 9.54. The maximum atomic E-state index is 11.4. The van der Waals surface area contributed by atoms with E-state index in [1.54, 1.807) is 6.07 Å². The first-order valence-corrected chi connectivity index (χ1v) is 11.6. The SMILES string of the molecule is O=C(O)c1cnc2c(c1)[nH]c1nc(Cc3ccccc3)nc(NCCCN3CCCCC3)c12. The molecular formula is C25H28N6O2. The van der Waals surface area contributed by atoms with Gasteiger partial charge in [0, 0.05) is 19.2 Å². The highest BCUT2D eigenvalue weighted by Crippen LogP contribution is 2.29. The minimum Gasteiger partial charge on any atom is -0.478 e. The van der Waals surface area contributed by atoms with E-state index in [1.807, 2.05) is 18.2 Å². The Hall–Kier alpha value is -3.52. The summed E-state index contributed by atoms with van der Waals surface area (Å²) in [6, 6.07) is 11.7. The van der Waals surface area contributed by atoms with Crippen molar-refractivity contribution >= 4 is 33.9 Å². The third-order valence-corrected chi connectivity index (χ3v) is 6.18. The molecule has 4 heterocycles. The number of carboxylic acid groups (broad SMARTS) is 1. The Labute approximate surface area is 192 Å². The number of rotatable bonds is 8. The molecule has 1 aliphatic heterocycles. The van der Waals surface area contributed by atoms with Gasteiger partial charge in [-0.25, -0.2) is 14.8 Å². The first-order valence-electron chi connectivity index (χ1n) is 11.6. The van der Waals surface area contributed by atoms with Crippen molar-refractivity contribution in [2.75, 3.05) is 31.5 Å². The number of nitrogens with one attached hydrogen (secondary N) is 2. The normalized spacial score (nSPS) is 14.7. The van der Waals surface area contributed by atoms with Crippen LogP contribution in [-0.2, 0) is 6.42 Å². The Balaban J connectivity index is 1.44. The Morgan fingerprint density at radius 2 is 1.94 bits per heavy atom. The summed E-state index contributed by atoms with van der Waals surface area (Å²) in [6.45, 7) is 4.26. The number of nitrogens with zero attached hydrogens (tertiary/aromatic N) is 4. The van der Waals surface area contributed by atoms with Gasteiger partial charge in [0.15, 0.2) is 0 Å². The van der Waals surface area contributed by atoms with Gasteiger partial charge in [-0.05, 0) is 50.5 Å². The quantitative estimate of drug-likeness (QED) is 0.352. The number of anilines is 1. The van der Waals surface area contributed by atoms with E-state index in [4.69, 9.17) is 9.97 Å². The molecule has 0 spiro atoms. The van der Waals surface area contributed by atoms with E-state index in [1.165, 1.54) is 38.5 Å². The molecule has 5 rings (SSSR count). The molecule has 3 N–H and O–H groups in total. The number of aromatic nitrogens is 4. The minimum absolute atomic E-state index is 0.141. The van der Waals surface area contributed by atoms with Crippen molar-refractivity contribution < 1.29 is 9.90 Å². The lowest BCUT2D eigenvalue weighted by molar-refractivity contribution is 0.0696. The van der Waals surface area contributed by atoms with E-state index in [0.717, 1.165) is 36.3 Å². The number of fused-ring (bicyclic) bond motifs is 3. The molecule has 0 bridgehead atoms. The second-order valence-electron chi connectivity index (χ2n) is 8.61. The molecule has 1 aliphatic rings. The molecule has 4 aromatic rings. The third kappa shape index (κ3) is 4.80. The fourth-order valence-corrected chi connectivity index (χ4v) is 4.50. The molecule has 1 aromatic carbocycles. The van der Waals surface area contributed by atoms with E-state index in [0.29, 0.717) is 28.9 Å². The predicted molar refractivity (Wildman–Crippen MR) is 129 cm³/mol. The number of aromatic amines is 1. The van der Waals surface area contributed by atoms with Crippen LogP contribution >= 0.6 is 0 Å². The van der Waals surface area contributed by atoms with Crippen molar-refractivity contribution in [2.24, 2.45) is 0 Å². The molecule has 1 saturated heterocycles. The number of hydrogen-bond acceptors (Lipinski definition) is 6. The average molecular weight is 445 g/mol. The summed E-state index contributed by atoms with van der Waals surface area (Å²) >= 11 is 0. The largest absolute Gasteiger partial charge is 0.478 e. The number of aromatic carboxylic acids is 1. The smallest absolute Gasteiger partial charge is 0.337 e. The molecule has 3 aromatic heterocycles. The molecule has 0 amide bonds. The maximum absolute atomic E-state index is 11.4. The third-order valence-electron chi connectivity index (χ3n) is 6.18. The van der Waals surface area contributed by atoms with Crippen LogP contribution in [0.5, 0.6) is 0 Å². The number of piperidine rings is 1. The molecule has 0 saturated carbocycles. The van der Waals surface area contributed by atoms with Crippen molar-refractivity contribution in [3.63, 3.8) is 0 Å². The van der Waals surface area contributed by atoms with Gasteiger partial charge in [0.1, 0.15) is 22.8 Å². The standard InChI is InChI=1S/C25H28N6O2/c32-25(33)18-15-19-22(27-16-18)21-23(26-10-7-13-31-11-5-2-6-12-31)29-20(30-24(21)28-19)14-17-8-3-1-4-9-17/h1,3-4,8-9,15-16H,2,5-7,10-14H2,(H,32,33)(H2,26,28,29,30). The van der Waals surface area contributed by atoms with E-state index in [-0.39, 0.29) is 5.56 Å². The Morgan fingerprint density at radius 1 is 1.12 bits per heavy atom. The average Bonchev–Trinajstić information content (AvgIpc) is 3.20. The lowest BCUT2D eigenvalue weighted by Gasteiger charge is -2.26. The zero-order chi connectivity index (χ0) is 22.6. The van der Waals surface area contributed by atoms with Crippen LogP contribution in [0.3, 0.4) is 0 Å². The van der Waals surface area contributed by atoms with E-state index in [9.17, 15) is 9.90 Å². The highest BCUT2D eigenvalue weighted by atomic mass is 16.4. The van der Waals surface area contributed by atoms with E-state index < -0.39 is 5.97 Å². The number of hydrogen-bond donors (Lipinski definition) is 3. The van der Waals surface area contributed by atoms with Crippen molar-refractivity contribution in [1.82, 2.24) is 24.8 Å². The number of H-pyrrole nitrogens is 1. The molecule has 8 heteroatoms. The van der Waals surface area contributed by atoms with Crippen LogP contribution in [0.4, 0.5) is 5.82 Å². The zero-order valence-electron chi connectivity index (χ0n) is 18.5. The molecule has 8 nitrogen and oxygen atoms in total. The number of pyridine rings is 1. The summed E-state index contributed by atoms with van der Waals surface area (Å²) in [7, 11) is 0. The van der Waals surface area contributed by atoms with Crippen molar-refractivity contribution in [1.29, 1.82) is 0 Å². The maximum Gasteiger partial charge on any atom is 0.337 e. The van der Waals surface area contributed by atoms with Gasteiger partial charge in [0.05, 0.1) is 16.5 Å². The van der Waals surface area contributed by atoms with E-state index >= 15 is 0 Å². The van der Waals surface area contributed by atoms with Crippen LogP contribution in [0.15, 0.2) is 42.6 Å². The van der Waals surface area contributed by atoms with Gasteiger partial charge in [-0.3, -0.25) is 4.98 Å². The summed E-state index contributed by atoms with van der Waals surface area (Å²) in [5.74, 6) is 0.443. The Bertz CT molecular complexity index is 1260. The molecule has 0 radical (unpaired) electrons. The summed E-state index contributed by atoms with van der Waals surface area (Å²) in [5.41, 5.74) is 3.27. The van der Waals surface area contributed by atoms with Gasteiger partial charge >= 0.3 is 5.97 Å². The van der Waals surface area contributed by atoms with Crippen LogP contribution in [0.1, 0.15) is 47.4 Å². The molecule has 0 unspecified atom stereocenters. The van der Waals surface area contributed by atoms with Gasteiger partial charge in [0.25, 0.3) is 0 Å². The molecule has 1 fully saturated rings. The highest BCUT2D eigenvalue weighted by Gasteiger charge is 2.17. The van der Waals surface area contributed by atoms with Crippen molar-refractivity contribution in [2.45, 2.75) is 32.1 Å². The monoisotopic (exact) mass is 444 g/mol. The van der Waals surface area contributed by atoms with Crippen LogP contribution < -0.4 is 5.32 Å². The highest BCUT2D eigenvalue weighted by molar-refractivity contribution is 6.10. The predicted octanol–water partition coefficient (Wildman–Crippen LogP) is 4.08. The molecule has 0 aliphatic carbocycles. The summed E-state index contributed by atoms with van der Waals surface area (Å²) in [4.78, 5) is 31.2. The number of carboxylic acids is 1. The fraction of sp³-hybridized carbons (Fsp3) is 0.360. The van der Waals surface area contributed by atoms with Crippen molar-refractivity contribution in [3.05, 3.63) is 59.5 Å². The molecule has 0 atom stereocenters. The Morgan fingerprint density at radius 3 is 2.73 bits per heavy atom. The zero-order valence-corrected chi connectivity index (χ0v) is 18.5. The van der Waals surface area contributed by atoms with Gasteiger partial charge in [-0.15, -0.1) is 0 Å². The minimum atomic E-state index is -1.00. The lowest BCUT2D eigenvalue weighted by Crippen LogP contribution is -2.31. The molecule has 33 heavy (non-hydrogen) atoms. The van der Waals surface area contributed by atoms with Crippen molar-refractivity contribution in [3.8, 4) is 0 Å². The first-order chi connectivity index (χ1) is 16.2. The van der Waals surface area contributed by atoms with Gasteiger partial charge in [-0.1, -0.05) is 36.8 Å². The van der Waals surface area contributed by atoms with Gasteiger partial charge in [0.2, 0.25) is 0 Å². The fourth-order valence-electron chi connectivity index (χ4n) is 4.50. The van der Waals surface area contributed by atoms with Crippen LogP contribution in [0, 0.1) is 0 Å². The van der Waals surface area contributed by atoms with Gasteiger partial charge in [-0.2, -0.15) is 0 Å². The number of benzene rings is 1. The number of carbonyl (C=O) groups is 1. The molecule has 170 valence electrons. The summed E-state index contributed by atoms with van der Waals surface area (Å²) in [6.07, 6.45) is 6.95. The topological polar surface area (TPSA) is 107 Å². The summed E-state index contributed by atoms with van der Waals surface area (Å²) < 4.78 is 0. The summed E-state index contributed by atoms with van der Waals surface area (Å²) in [5, 5.41) is 13.7. The van der Waals surface area contributed by atoms with Gasteiger partial charge < -0.3 is 20.3 Å². The number of likely N-dealkylation sites (tertiary alicyclic amines) is 1. The van der Waals surface area contributed by atoms with Crippen LogP contribution in [-0.4, -0.2) is 62.1 Å².